The van der Waals surface area contributed by atoms with Crippen molar-refractivity contribution in [2.75, 3.05) is 36.0 Å². The van der Waals surface area contributed by atoms with Gasteiger partial charge in [-0.3, -0.25) is 4.79 Å². The monoisotopic (exact) mass is 302 g/mol. The Balaban J connectivity index is 3.24. The first-order chi connectivity index (χ1) is 8.53. The maximum absolute atomic E-state index is 12.8. The molecule has 102 valence electrons. The Morgan fingerprint density at radius 2 is 1.61 bits per heavy atom. The molecule has 0 amide bonds. The Morgan fingerprint density at radius 3 is 2.06 bits per heavy atom. The molecule has 0 aromatic heterocycles. The van der Waals surface area contributed by atoms with Gasteiger partial charge in [-0.2, -0.15) is 35.3 Å². The number of allylic oxidation sites excluding steroid dienone is 3. The van der Waals surface area contributed by atoms with Crippen LogP contribution in [0.4, 0.5) is 0 Å². The smallest absolute Gasteiger partial charge is 0.171 e. The number of Topliss-reactive ketones (excluding diaryl/α,β-unsaturated/α-hetero) is 1. The minimum absolute atomic E-state index is 0.275. The maximum atomic E-state index is 12.8. The van der Waals surface area contributed by atoms with Crippen molar-refractivity contribution in [3.8, 4) is 0 Å². The number of carbonyl (C=O) groups excluding carboxylic acids is 1. The predicted octanol–water partition coefficient (Wildman–Crippen LogP) is 3.91. The van der Waals surface area contributed by atoms with Gasteiger partial charge in [0.25, 0.3) is 0 Å². The molecule has 4 heteroatoms. The fourth-order valence-electron chi connectivity index (χ4n) is 2.43. The maximum Gasteiger partial charge on any atom is 0.171 e. The molecule has 0 saturated heterocycles. The van der Waals surface area contributed by atoms with Crippen LogP contribution in [-0.4, -0.2) is 41.8 Å². The third-order valence-corrected chi connectivity index (χ3v) is 5.67. The Hall–Kier alpha value is 0.200. The molecule has 0 fully saturated rings. The molecule has 0 saturated carbocycles. The van der Waals surface area contributed by atoms with Gasteiger partial charge >= 0.3 is 0 Å². The van der Waals surface area contributed by atoms with E-state index in [1.165, 1.54) is 11.1 Å². The number of hydrogen-bond donors (Lipinski definition) is 0. The van der Waals surface area contributed by atoms with Crippen molar-refractivity contribution >= 4 is 41.1 Å². The molecule has 0 aliphatic heterocycles. The van der Waals surface area contributed by atoms with Gasteiger partial charge in [-0.05, 0) is 32.6 Å². The second kappa shape index (κ2) is 7.11. The van der Waals surface area contributed by atoms with Crippen molar-refractivity contribution in [1.82, 2.24) is 0 Å². The summed E-state index contributed by atoms with van der Waals surface area (Å²) >= 11 is 5.28. The van der Waals surface area contributed by atoms with Crippen molar-refractivity contribution in [1.29, 1.82) is 0 Å². The number of ketones is 1. The zero-order valence-corrected chi connectivity index (χ0v) is 14.3. The van der Waals surface area contributed by atoms with Crippen LogP contribution in [0.25, 0.3) is 0 Å². The highest BCUT2D eigenvalue weighted by Crippen LogP contribution is 2.42. The van der Waals surface area contributed by atoms with Crippen molar-refractivity contribution in [3.05, 3.63) is 22.8 Å². The van der Waals surface area contributed by atoms with E-state index < -0.39 is 0 Å². The van der Waals surface area contributed by atoms with Crippen molar-refractivity contribution in [3.63, 3.8) is 0 Å². The van der Waals surface area contributed by atoms with E-state index >= 15 is 0 Å². The van der Waals surface area contributed by atoms with E-state index in [1.807, 2.05) is 0 Å². The van der Waals surface area contributed by atoms with Gasteiger partial charge in [0.05, 0.1) is 5.41 Å². The summed E-state index contributed by atoms with van der Waals surface area (Å²) in [5.74, 6) is 2.96. The molecule has 0 radical (unpaired) electrons. The van der Waals surface area contributed by atoms with E-state index in [-0.39, 0.29) is 5.41 Å². The van der Waals surface area contributed by atoms with Crippen LogP contribution in [0.2, 0.25) is 0 Å². The number of thioether (sulfide) groups is 3. The van der Waals surface area contributed by atoms with Gasteiger partial charge in [-0.15, -0.1) is 0 Å². The van der Waals surface area contributed by atoms with Crippen LogP contribution in [0.15, 0.2) is 22.8 Å². The van der Waals surface area contributed by atoms with Gasteiger partial charge < -0.3 is 0 Å². The highest BCUT2D eigenvalue weighted by Gasteiger charge is 2.43. The molecule has 1 nitrogen and oxygen atoms in total. The number of hydrogen-bond acceptors (Lipinski definition) is 4. The minimum Gasteiger partial charge on any atom is -0.293 e. The van der Waals surface area contributed by atoms with E-state index in [0.717, 1.165) is 22.8 Å². The SMILES string of the molecule is CSCC1=CC(C)=C(C)C(CSC)(CSC)C1=O. The van der Waals surface area contributed by atoms with Crippen LogP contribution in [0, 0.1) is 5.41 Å². The predicted molar refractivity (Wildman–Crippen MR) is 89.0 cm³/mol. The fourth-order valence-corrected chi connectivity index (χ4v) is 4.97. The summed E-state index contributed by atoms with van der Waals surface area (Å²) in [4.78, 5) is 12.8. The summed E-state index contributed by atoms with van der Waals surface area (Å²) in [6.07, 6.45) is 8.32. The van der Waals surface area contributed by atoms with Gasteiger partial charge in [-0.25, -0.2) is 0 Å². The molecule has 0 aromatic carbocycles. The number of rotatable bonds is 6. The average molecular weight is 303 g/mol. The highest BCUT2D eigenvalue weighted by molar-refractivity contribution is 7.99. The fraction of sp³-hybridized carbons (Fsp3) is 0.643. The van der Waals surface area contributed by atoms with Gasteiger partial charge in [0.1, 0.15) is 0 Å². The van der Waals surface area contributed by atoms with Gasteiger partial charge in [0.2, 0.25) is 0 Å². The zero-order valence-electron chi connectivity index (χ0n) is 11.8. The zero-order chi connectivity index (χ0) is 13.8. The molecule has 0 atom stereocenters. The first kappa shape index (κ1) is 16.3. The quantitative estimate of drug-likeness (QED) is 0.739. The first-order valence-electron chi connectivity index (χ1n) is 5.93. The summed E-state index contributed by atoms with van der Waals surface area (Å²) in [6, 6.07) is 0. The van der Waals surface area contributed by atoms with Crippen molar-refractivity contribution in [2.24, 2.45) is 5.41 Å². The normalized spacial score (nSPS) is 19.2. The summed E-state index contributed by atoms with van der Waals surface area (Å²) in [6.45, 7) is 4.27. The lowest BCUT2D eigenvalue weighted by molar-refractivity contribution is -0.121. The van der Waals surface area contributed by atoms with E-state index in [4.69, 9.17) is 0 Å². The van der Waals surface area contributed by atoms with Crippen LogP contribution in [0.5, 0.6) is 0 Å². The van der Waals surface area contributed by atoms with Gasteiger partial charge in [0.15, 0.2) is 5.78 Å². The molecule has 1 aliphatic rings. The van der Waals surface area contributed by atoms with E-state index in [0.29, 0.717) is 5.78 Å². The molecule has 0 N–H and O–H groups in total. The van der Waals surface area contributed by atoms with Crippen molar-refractivity contribution in [2.45, 2.75) is 13.8 Å². The highest BCUT2D eigenvalue weighted by atomic mass is 32.2. The molecule has 18 heavy (non-hydrogen) atoms. The second-order valence-corrected chi connectivity index (χ2v) is 7.29. The second-order valence-electron chi connectivity index (χ2n) is 4.69. The van der Waals surface area contributed by atoms with Gasteiger partial charge in [-0.1, -0.05) is 17.2 Å². The lowest BCUT2D eigenvalue weighted by atomic mass is 9.72. The van der Waals surface area contributed by atoms with Crippen LogP contribution in [0.3, 0.4) is 0 Å². The summed E-state index contributed by atoms with van der Waals surface area (Å²) in [5, 5.41) is 0. The third kappa shape index (κ3) is 3.02. The Kier molecular flexibility index (Phi) is 6.42. The van der Waals surface area contributed by atoms with Crippen LogP contribution >= 0.6 is 35.3 Å². The topological polar surface area (TPSA) is 17.1 Å². The third-order valence-electron chi connectivity index (χ3n) is 3.51. The molecule has 0 heterocycles. The summed E-state index contributed by atoms with van der Waals surface area (Å²) in [7, 11) is 0. The van der Waals surface area contributed by atoms with E-state index in [9.17, 15) is 4.79 Å². The molecule has 1 aliphatic carbocycles. The summed E-state index contributed by atoms with van der Waals surface area (Å²) < 4.78 is 0. The molecule has 0 spiro atoms. The Labute approximate surface area is 124 Å². The van der Waals surface area contributed by atoms with E-state index in [1.54, 1.807) is 35.3 Å². The lowest BCUT2D eigenvalue weighted by Gasteiger charge is -2.37. The summed E-state index contributed by atoms with van der Waals surface area (Å²) in [5.41, 5.74) is 3.26. The molecular weight excluding hydrogens is 280 g/mol. The van der Waals surface area contributed by atoms with Crippen LogP contribution < -0.4 is 0 Å². The van der Waals surface area contributed by atoms with Crippen LogP contribution in [0.1, 0.15) is 13.8 Å². The average Bonchev–Trinajstić information content (AvgIpc) is 2.34. The van der Waals surface area contributed by atoms with Crippen molar-refractivity contribution < 1.29 is 4.79 Å². The molecule has 0 bridgehead atoms. The molecule has 1 rings (SSSR count). The Bertz CT molecular complexity index is 377. The largest absolute Gasteiger partial charge is 0.293 e. The van der Waals surface area contributed by atoms with Crippen LogP contribution in [-0.2, 0) is 4.79 Å². The lowest BCUT2D eigenvalue weighted by Crippen LogP contribution is -2.41. The minimum atomic E-state index is -0.275. The molecule has 0 unspecified atom stereocenters. The standard InChI is InChI=1S/C14H22OS3/c1-10-6-12(7-16-3)13(15)14(8-17-4,9-18-5)11(10)2/h6H,7-9H2,1-5H3. The number of carbonyl (C=O) groups is 1. The Morgan fingerprint density at radius 1 is 1.06 bits per heavy atom. The first-order valence-corrected chi connectivity index (χ1v) is 10.1. The molecular formula is C14H22OS3. The van der Waals surface area contributed by atoms with Gasteiger partial charge in [0, 0.05) is 22.8 Å². The van der Waals surface area contributed by atoms with E-state index in [2.05, 4.69) is 38.7 Å². The molecule has 0 aromatic rings.